The van der Waals surface area contributed by atoms with Gasteiger partial charge < -0.3 is 20.2 Å². The standard InChI is InChI=1S/C14H27NO3/c16-10-12-8-15(9-13(17)14(12)18)7-6-11-4-2-1-3-5-11/h11-14,16-18H,1-10H2/t12-,13-,14-/m1/s1. The molecule has 0 aromatic heterocycles. The van der Waals surface area contributed by atoms with Crippen molar-refractivity contribution in [3.63, 3.8) is 0 Å². The van der Waals surface area contributed by atoms with Crippen molar-refractivity contribution in [1.29, 1.82) is 0 Å². The quantitative estimate of drug-likeness (QED) is 0.690. The molecule has 0 bridgehead atoms. The Morgan fingerprint density at radius 1 is 1.00 bits per heavy atom. The fourth-order valence-corrected chi connectivity index (χ4v) is 3.39. The normalized spacial score (nSPS) is 35.8. The summed E-state index contributed by atoms with van der Waals surface area (Å²) in [5, 5.41) is 28.7. The van der Waals surface area contributed by atoms with Crippen molar-refractivity contribution in [2.45, 2.75) is 50.7 Å². The molecular weight excluding hydrogens is 230 g/mol. The van der Waals surface area contributed by atoms with Gasteiger partial charge in [-0.05, 0) is 18.9 Å². The molecule has 2 fully saturated rings. The molecule has 4 heteroatoms. The minimum atomic E-state index is -0.763. The van der Waals surface area contributed by atoms with E-state index < -0.39 is 12.2 Å². The highest BCUT2D eigenvalue weighted by molar-refractivity contribution is 4.86. The summed E-state index contributed by atoms with van der Waals surface area (Å²) in [6.45, 7) is 2.20. The molecule has 1 heterocycles. The molecule has 3 atom stereocenters. The second-order valence-electron chi connectivity index (χ2n) is 6.05. The lowest BCUT2D eigenvalue weighted by Crippen LogP contribution is -2.53. The van der Waals surface area contributed by atoms with Gasteiger partial charge in [0.1, 0.15) is 0 Å². The van der Waals surface area contributed by atoms with E-state index in [4.69, 9.17) is 0 Å². The monoisotopic (exact) mass is 257 g/mol. The highest BCUT2D eigenvalue weighted by Crippen LogP contribution is 2.27. The van der Waals surface area contributed by atoms with Gasteiger partial charge in [0, 0.05) is 25.6 Å². The number of likely N-dealkylation sites (tertiary alicyclic amines) is 1. The van der Waals surface area contributed by atoms with E-state index in [9.17, 15) is 15.3 Å². The largest absolute Gasteiger partial charge is 0.396 e. The molecule has 3 N–H and O–H groups in total. The Morgan fingerprint density at radius 2 is 1.72 bits per heavy atom. The van der Waals surface area contributed by atoms with E-state index >= 15 is 0 Å². The molecule has 106 valence electrons. The Labute approximate surface area is 110 Å². The molecule has 0 spiro atoms. The van der Waals surface area contributed by atoms with Crippen molar-refractivity contribution < 1.29 is 15.3 Å². The molecule has 1 saturated carbocycles. The van der Waals surface area contributed by atoms with Gasteiger partial charge >= 0.3 is 0 Å². The first-order chi connectivity index (χ1) is 8.70. The lowest BCUT2D eigenvalue weighted by atomic mass is 9.86. The topological polar surface area (TPSA) is 63.9 Å². The van der Waals surface area contributed by atoms with Crippen molar-refractivity contribution in [2.24, 2.45) is 11.8 Å². The van der Waals surface area contributed by atoms with Crippen molar-refractivity contribution in [3.05, 3.63) is 0 Å². The smallest absolute Gasteiger partial charge is 0.0929 e. The first kappa shape index (κ1) is 14.3. The summed E-state index contributed by atoms with van der Waals surface area (Å²) in [4.78, 5) is 2.20. The minimum absolute atomic E-state index is 0.0435. The second-order valence-corrected chi connectivity index (χ2v) is 6.05. The van der Waals surface area contributed by atoms with Crippen LogP contribution in [0.15, 0.2) is 0 Å². The third-order valence-electron chi connectivity index (χ3n) is 4.63. The van der Waals surface area contributed by atoms with Crippen molar-refractivity contribution >= 4 is 0 Å². The Balaban J connectivity index is 1.75. The maximum atomic E-state index is 9.78. The van der Waals surface area contributed by atoms with Crippen LogP contribution in [0.2, 0.25) is 0 Å². The number of hydrogen-bond acceptors (Lipinski definition) is 4. The van der Waals surface area contributed by atoms with Gasteiger partial charge in [-0.25, -0.2) is 0 Å². The van der Waals surface area contributed by atoms with Crippen LogP contribution in [0, 0.1) is 11.8 Å². The predicted octanol–water partition coefficient (Wildman–Crippen LogP) is 0.603. The number of piperidine rings is 1. The van der Waals surface area contributed by atoms with Crippen LogP contribution in [-0.4, -0.2) is 58.7 Å². The Hall–Kier alpha value is -0.160. The average Bonchev–Trinajstić information content (AvgIpc) is 2.41. The van der Waals surface area contributed by atoms with Crippen LogP contribution in [-0.2, 0) is 0 Å². The summed E-state index contributed by atoms with van der Waals surface area (Å²) in [6, 6.07) is 0. The third-order valence-corrected chi connectivity index (χ3v) is 4.63. The van der Waals surface area contributed by atoms with Crippen LogP contribution >= 0.6 is 0 Å². The summed E-state index contributed by atoms with van der Waals surface area (Å²) in [7, 11) is 0. The molecule has 1 aliphatic heterocycles. The van der Waals surface area contributed by atoms with Gasteiger partial charge in [0.05, 0.1) is 12.2 Å². The van der Waals surface area contributed by atoms with Crippen LogP contribution < -0.4 is 0 Å². The van der Waals surface area contributed by atoms with Gasteiger partial charge in [-0.2, -0.15) is 0 Å². The Morgan fingerprint density at radius 3 is 2.39 bits per heavy atom. The number of rotatable bonds is 4. The lowest BCUT2D eigenvalue weighted by molar-refractivity contribution is -0.0868. The molecule has 0 amide bonds. The summed E-state index contributed by atoms with van der Waals surface area (Å²) >= 11 is 0. The maximum Gasteiger partial charge on any atom is 0.0929 e. The Bertz CT molecular complexity index is 243. The maximum absolute atomic E-state index is 9.78. The van der Waals surface area contributed by atoms with Crippen molar-refractivity contribution in [2.75, 3.05) is 26.2 Å². The van der Waals surface area contributed by atoms with E-state index in [1.165, 1.54) is 38.5 Å². The summed E-state index contributed by atoms with van der Waals surface area (Å²) in [5.41, 5.74) is 0. The lowest BCUT2D eigenvalue weighted by Gasteiger charge is -2.39. The molecule has 4 nitrogen and oxygen atoms in total. The van der Waals surface area contributed by atoms with E-state index in [-0.39, 0.29) is 12.5 Å². The molecule has 2 aliphatic rings. The number of β-amino-alcohol motifs (C(OH)–C–C–N with tert-alkyl or cyclic N) is 1. The highest BCUT2D eigenvalue weighted by atomic mass is 16.3. The van der Waals surface area contributed by atoms with E-state index in [0.29, 0.717) is 13.1 Å². The molecule has 0 unspecified atom stereocenters. The van der Waals surface area contributed by atoms with Gasteiger partial charge in [-0.15, -0.1) is 0 Å². The van der Waals surface area contributed by atoms with Gasteiger partial charge in [-0.1, -0.05) is 32.1 Å². The summed E-state index contributed by atoms with van der Waals surface area (Å²) in [6.07, 6.45) is 6.54. The van der Waals surface area contributed by atoms with Crippen molar-refractivity contribution in [1.82, 2.24) is 4.90 Å². The summed E-state index contributed by atoms with van der Waals surface area (Å²) in [5.74, 6) is 0.649. The van der Waals surface area contributed by atoms with Gasteiger partial charge in [0.25, 0.3) is 0 Å². The highest BCUT2D eigenvalue weighted by Gasteiger charge is 2.34. The van der Waals surface area contributed by atoms with Crippen LogP contribution in [0.5, 0.6) is 0 Å². The predicted molar refractivity (Wildman–Crippen MR) is 70.2 cm³/mol. The zero-order chi connectivity index (χ0) is 13.0. The first-order valence-corrected chi connectivity index (χ1v) is 7.40. The van der Waals surface area contributed by atoms with Crippen LogP contribution in [0.1, 0.15) is 38.5 Å². The zero-order valence-electron chi connectivity index (χ0n) is 11.2. The number of aliphatic hydroxyl groups is 3. The first-order valence-electron chi connectivity index (χ1n) is 7.40. The van der Waals surface area contributed by atoms with E-state index in [2.05, 4.69) is 4.90 Å². The number of nitrogens with zero attached hydrogens (tertiary/aromatic N) is 1. The van der Waals surface area contributed by atoms with E-state index in [1.54, 1.807) is 0 Å². The van der Waals surface area contributed by atoms with Crippen molar-refractivity contribution in [3.8, 4) is 0 Å². The molecule has 0 aromatic rings. The van der Waals surface area contributed by atoms with Gasteiger partial charge in [-0.3, -0.25) is 0 Å². The molecular formula is C14H27NO3. The zero-order valence-corrected chi connectivity index (χ0v) is 11.2. The SMILES string of the molecule is OC[C@H]1CN(CCC2CCCCC2)C[C@@H](O)[C@@H]1O. The molecule has 18 heavy (non-hydrogen) atoms. The Kier molecular flexibility index (Phi) is 5.42. The minimum Gasteiger partial charge on any atom is -0.396 e. The van der Waals surface area contributed by atoms with Gasteiger partial charge in [0.2, 0.25) is 0 Å². The number of hydrogen-bond donors (Lipinski definition) is 3. The van der Waals surface area contributed by atoms with Crippen LogP contribution in [0.4, 0.5) is 0 Å². The average molecular weight is 257 g/mol. The number of aliphatic hydroxyl groups excluding tert-OH is 3. The van der Waals surface area contributed by atoms with Crippen LogP contribution in [0.3, 0.4) is 0 Å². The fraction of sp³-hybridized carbons (Fsp3) is 1.00. The van der Waals surface area contributed by atoms with E-state index in [0.717, 1.165) is 12.5 Å². The third kappa shape index (κ3) is 3.67. The molecule has 2 rings (SSSR count). The molecule has 0 radical (unpaired) electrons. The van der Waals surface area contributed by atoms with Gasteiger partial charge in [0.15, 0.2) is 0 Å². The second kappa shape index (κ2) is 6.85. The van der Waals surface area contributed by atoms with Crippen LogP contribution in [0.25, 0.3) is 0 Å². The van der Waals surface area contributed by atoms with E-state index in [1.807, 2.05) is 0 Å². The summed E-state index contributed by atoms with van der Waals surface area (Å²) < 4.78 is 0. The molecule has 0 aromatic carbocycles. The molecule has 1 aliphatic carbocycles. The fourth-order valence-electron chi connectivity index (χ4n) is 3.39. The molecule has 1 saturated heterocycles.